The second-order valence-corrected chi connectivity index (χ2v) is 2.39. The fourth-order valence-electron chi connectivity index (χ4n) is 0.627. The highest BCUT2D eigenvalue weighted by Gasteiger charge is 2.23. The fraction of sp³-hybridized carbons (Fsp3) is 0.333. The van der Waals surface area contributed by atoms with E-state index < -0.39 is 36.2 Å². The maximum absolute atomic E-state index is 10.7. The summed E-state index contributed by atoms with van der Waals surface area (Å²) in [6, 6.07) is -1.44. The lowest BCUT2D eigenvalue weighted by atomic mass is 10.2. The minimum atomic E-state index is -1.44. The van der Waals surface area contributed by atoms with Gasteiger partial charge in [0.05, 0.1) is 6.42 Å². The Bertz CT molecular complexity index is 287. The molecule has 0 aromatic rings. The van der Waals surface area contributed by atoms with Gasteiger partial charge in [0.15, 0.2) is 0 Å². The molecule has 6 N–H and O–H groups in total. The number of hydrogen-bond donors (Lipinski definition) is 4. The first-order valence-electron chi connectivity index (χ1n) is 3.46. The van der Waals surface area contributed by atoms with E-state index in [9.17, 15) is 19.2 Å². The molecule has 1 atom stereocenters. The van der Waals surface area contributed by atoms with Crippen LogP contribution in [0.5, 0.6) is 0 Å². The van der Waals surface area contributed by atoms with Gasteiger partial charge < -0.3 is 21.9 Å². The number of amides is 3. The number of primary amides is 2. The van der Waals surface area contributed by atoms with Gasteiger partial charge in [-0.25, -0.2) is 0 Å². The molecule has 0 aromatic carbocycles. The summed E-state index contributed by atoms with van der Waals surface area (Å²) >= 11 is 0. The molecule has 0 rings (SSSR count). The average molecular weight is 203 g/mol. The van der Waals surface area contributed by atoms with Crippen LogP contribution in [0.15, 0.2) is 0 Å². The summed E-state index contributed by atoms with van der Waals surface area (Å²) in [4.78, 5) is 41.7. The number of carboxylic acid groups (broad SMARTS) is 1. The van der Waals surface area contributed by atoms with Gasteiger partial charge in [-0.05, 0) is 0 Å². The van der Waals surface area contributed by atoms with E-state index in [0.29, 0.717) is 0 Å². The zero-order valence-corrected chi connectivity index (χ0v) is 7.02. The summed E-state index contributed by atoms with van der Waals surface area (Å²) in [5.74, 6) is -4.96. The van der Waals surface area contributed by atoms with E-state index in [0.717, 1.165) is 0 Å². The molecule has 0 spiro atoms. The second kappa shape index (κ2) is 4.80. The van der Waals surface area contributed by atoms with Crippen LogP contribution in [0.1, 0.15) is 6.42 Å². The van der Waals surface area contributed by atoms with E-state index in [4.69, 9.17) is 10.8 Å². The SMILES string of the molecule is NC(=O)C(=O)N[C@@H](CC(=O)O)C(N)=O. The standard InChI is InChI=1S/C6H9N3O5/c7-4(12)2(1-3(10)11)9-6(14)5(8)13/h2H,1H2,(H2,7,12)(H2,8,13)(H,9,14)(H,10,11)/t2-/m0/s1. The lowest BCUT2D eigenvalue weighted by Crippen LogP contribution is -2.49. The number of nitrogens with two attached hydrogens (primary N) is 2. The molecule has 78 valence electrons. The summed E-state index contributed by atoms with van der Waals surface area (Å²) in [7, 11) is 0. The molecule has 0 saturated heterocycles. The maximum atomic E-state index is 10.7. The minimum Gasteiger partial charge on any atom is -0.481 e. The molecule has 3 amide bonds. The number of carbonyl (C=O) groups excluding carboxylic acids is 3. The molecular formula is C6H9N3O5. The highest BCUT2D eigenvalue weighted by atomic mass is 16.4. The maximum Gasteiger partial charge on any atom is 0.309 e. The van der Waals surface area contributed by atoms with Crippen LogP contribution < -0.4 is 16.8 Å². The number of nitrogens with one attached hydrogen (secondary N) is 1. The van der Waals surface area contributed by atoms with E-state index in [1.807, 2.05) is 0 Å². The van der Waals surface area contributed by atoms with Crippen LogP contribution in [-0.4, -0.2) is 34.8 Å². The third kappa shape index (κ3) is 4.04. The van der Waals surface area contributed by atoms with Gasteiger partial charge in [-0.2, -0.15) is 0 Å². The zero-order chi connectivity index (χ0) is 11.3. The van der Waals surface area contributed by atoms with Crippen molar-refractivity contribution in [1.82, 2.24) is 5.32 Å². The van der Waals surface area contributed by atoms with Crippen LogP contribution in [0, 0.1) is 0 Å². The first kappa shape index (κ1) is 11.9. The predicted octanol–water partition coefficient (Wildman–Crippen LogP) is -3.08. The number of carboxylic acids is 1. The van der Waals surface area contributed by atoms with E-state index in [1.165, 1.54) is 0 Å². The molecule has 8 heteroatoms. The topological polar surface area (TPSA) is 153 Å². The van der Waals surface area contributed by atoms with Crippen molar-refractivity contribution in [3.63, 3.8) is 0 Å². The normalized spacial score (nSPS) is 11.4. The van der Waals surface area contributed by atoms with Crippen molar-refractivity contribution in [2.24, 2.45) is 11.5 Å². The van der Waals surface area contributed by atoms with Gasteiger partial charge >= 0.3 is 17.8 Å². The summed E-state index contributed by atoms with van der Waals surface area (Å²) in [6.45, 7) is 0. The smallest absolute Gasteiger partial charge is 0.309 e. The van der Waals surface area contributed by atoms with Crippen molar-refractivity contribution >= 4 is 23.7 Å². The Hall–Kier alpha value is -2.12. The molecule has 0 saturated carbocycles. The summed E-state index contributed by atoms with van der Waals surface area (Å²) in [5, 5.41) is 10.1. The van der Waals surface area contributed by atoms with E-state index in [1.54, 1.807) is 5.32 Å². The minimum absolute atomic E-state index is 0.700. The number of aliphatic carboxylic acids is 1. The molecule has 0 aliphatic carbocycles. The summed E-state index contributed by atoms with van der Waals surface area (Å²) in [6.07, 6.45) is -0.700. The molecule has 0 aromatic heterocycles. The van der Waals surface area contributed by atoms with E-state index in [2.05, 4.69) is 5.73 Å². The van der Waals surface area contributed by atoms with Crippen molar-refractivity contribution < 1.29 is 24.3 Å². The van der Waals surface area contributed by atoms with Gasteiger partial charge in [-0.1, -0.05) is 0 Å². The van der Waals surface area contributed by atoms with Gasteiger partial charge in [0.2, 0.25) is 5.91 Å². The van der Waals surface area contributed by atoms with Crippen molar-refractivity contribution in [2.45, 2.75) is 12.5 Å². The monoisotopic (exact) mass is 203 g/mol. The van der Waals surface area contributed by atoms with Gasteiger partial charge in [0.1, 0.15) is 6.04 Å². The molecule has 0 aliphatic heterocycles. The number of rotatable bonds is 4. The van der Waals surface area contributed by atoms with Crippen LogP contribution in [0.2, 0.25) is 0 Å². The molecule has 14 heavy (non-hydrogen) atoms. The molecule has 0 radical (unpaired) electrons. The first-order valence-corrected chi connectivity index (χ1v) is 3.46. The molecule has 0 unspecified atom stereocenters. The largest absolute Gasteiger partial charge is 0.481 e. The van der Waals surface area contributed by atoms with Crippen LogP contribution >= 0.6 is 0 Å². The lowest BCUT2D eigenvalue weighted by molar-refractivity contribution is -0.142. The first-order chi connectivity index (χ1) is 6.34. The second-order valence-electron chi connectivity index (χ2n) is 2.39. The van der Waals surface area contributed by atoms with E-state index in [-0.39, 0.29) is 0 Å². The predicted molar refractivity (Wildman–Crippen MR) is 42.6 cm³/mol. The van der Waals surface area contributed by atoms with Gasteiger partial charge in [-0.15, -0.1) is 0 Å². The van der Waals surface area contributed by atoms with E-state index >= 15 is 0 Å². The van der Waals surface area contributed by atoms with Gasteiger partial charge in [0.25, 0.3) is 0 Å². The highest BCUT2D eigenvalue weighted by molar-refractivity contribution is 6.34. The van der Waals surface area contributed by atoms with Gasteiger partial charge in [0, 0.05) is 0 Å². The Morgan fingerprint density at radius 2 is 1.71 bits per heavy atom. The van der Waals surface area contributed by atoms with Crippen LogP contribution in [0.4, 0.5) is 0 Å². The third-order valence-corrected chi connectivity index (χ3v) is 1.25. The summed E-state index contributed by atoms with van der Waals surface area (Å²) in [5.41, 5.74) is 9.33. The number of carbonyl (C=O) groups is 4. The Balaban J connectivity index is 4.38. The fourth-order valence-corrected chi connectivity index (χ4v) is 0.627. The zero-order valence-electron chi connectivity index (χ0n) is 7.02. The summed E-state index contributed by atoms with van der Waals surface area (Å²) < 4.78 is 0. The molecule has 0 fully saturated rings. The van der Waals surface area contributed by atoms with Crippen molar-refractivity contribution in [3.8, 4) is 0 Å². The Labute approximate surface area is 78.2 Å². The third-order valence-electron chi connectivity index (χ3n) is 1.25. The Kier molecular flexibility index (Phi) is 4.07. The molecule has 0 bridgehead atoms. The Morgan fingerprint density at radius 3 is 2.00 bits per heavy atom. The van der Waals surface area contributed by atoms with Crippen LogP contribution in [0.3, 0.4) is 0 Å². The Morgan fingerprint density at radius 1 is 1.21 bits per heavy atom. The lowest BCUT2D eigenvalue weighted by Gasteiger charge is -2.11. The van der Waals surface area contributed by atoms with Crippen LogP contribution in [0.25, 0.3) is 0 Å². The molecule has 0 heterocycles. The van der Waals surface area contributed by atoms with Crippen molar-refractivity contribution in [1.29, 1.82) is 0 Å². The van der Waals surface area contributed by atoms with Gasteiger partial charge in [-0.3, -0.25) is 19.2 Å². The quantitative estimate of drug-likeness (QED) is 0.357. The average Bonchev–Trinajstić information content (AvgIpc) is 2.01. The number of hydrogen-bond acceptors (Lipinski definition) is 4. The molecular weight excluding hydrogens is 194 g/mol. The van der Waals surface area contributed by atoms with Crippen LogP contribution in [-0.2, 0) is 19.2 Å². The molecule has 8 nitrogen and oxygen atoms in total. The van der Waals surface area contributed by atoms with Crippen molar-refractivity contribution in [2.75, 3.05) is 0 Å². The van der Waals surface area contributed by atoms with Crippen molar-refractivity contribution in [3.05, 3.63) is 0 Å². The molecule has 0 aliphatic rings. The highest BCUT2D eigenvalue weighted by Crippen LogP contribution is 1.90.